The van der Waals surface area contributed by atoms with E-state index in [1.165, 1.54) is 0 Å². The van der Waals surface area contributed by atoms with Crippen molar-refractivity contribution in [3.05, 3.63) is 70.1 Å². The third-order valence-corrected chi connectivity index (χ3v) is 3.73. The number of hydrogen-bond donors (Lipinski definition) is 2. The predicted molar refractivity (Wildman–Crippen MR) is 95.0 cm³/mol. The van der Waals surface area contributed by atoms with Gasteiger partial charge in [0, 0.05) is 10.9 Å². The quantitative estimate of drug-likeness (QED) is 0.563. The Labute approximate surface area is 143 Å². The number of hydrogen-bond acceptors (Lipinski definition) is 5. The van der Waals surface area contributed by atoms with Gasteiger partial charge in [-0.2, -0.15) is 10.2 Å². The molecule has 7 heteroatoms. The van der Waals surface area contributed by atoms with E-state index in [2.05, 4.69) is 20.7 Å². The molecule has 0 radical (unpaired) electrons. The zero-order valence-corrected chi connectivity index (χ0v) is 13.7. The molecule has 126 valence electrons. The summed E-state index contributed by atoms with van der Waals surface area (Å²) in [6.07, 6.45) is 0. The molecule has 2 N–H and O–H groups in total. The van der Waals surface area contributed by atoms with Gasteiger partial charge < -0.3 is 4.74 Å². The van der Waals surface area contributed by atoms with Crippen LogP contribution >= 0.6 is 0 Å². The SMILES string of the molecule is COc1ccccc1/C(C)=N/NC(=O)c1n[nH]c(=O)c2ccccc12. The van der Waals surface area contributed by atoms with Crippen LogP contribution in [0.4, 0.5) is 0 Å². The minimum absolute atomic E-state index is 0.103. The van der Waals surface area contributed by atoms with Crippen molar-refractivity contribution in [2.45, 2.75) is 6.92 Å². The van der Waals surface area contributed by atoms with Crippen LogP contribution in [-0.4, -0.2) is 28.9 Å². The van der Waals surface area contributed by atoms with E-state index in [9.17, 15) is 9.59 Å². The number of methoxy groups -OCH3 is 1. The summed E-state index contributed by atoms with van der Waals surface area (Å²) in [5.74, 6) is 0.146. The number of aromatic nitrogens is 2. The fourth-order valence-corrected chi connectivity index (χ4v) is 2.48. The summed E-state index contributed by atoms with van der Waals surface area (Å²) in [5.41, 5.74) is 3.58. The Balaban J connectivity index is 1.91. The highest BCUT2D eigenvalue weighted by Gasteiger charge is 2.14. The molecule has 0 atom stereocenters. The molecule has 0 unspecified atom stereocenters. The Morgan fingerprint density at radius 2 is 1.80 bits per heavy atom. The average Bonchev–Trinajstić information content (AvgIpc) is 2.66. The molecule has 2 aromatic carbocycles. The summed E-state index contributed by atoms with van der Waals surface area (Å²) in [7, 11) is 1.57. The monoisotopic (exact) mass is 336 g/mol. The van der Waals surface area contributed by atoms with Gasteiger partial charge in [-0.1, -0.05) is 30.3 Å². The summed E-state index contributed by atoms with van der Waals surface area (Å²) in [6.45, 7) is 1.76. The summed E-state index contributed by atoms with van der Waals surface area (Å²) in [5, 5.41) is 11.2. The van der Waals surface area contributed by atoms with E-state index in [0.717, 1.165) is 5.56 Å². The highest BCUT2D eigenvalue weighted by Crippen LogP contribution is 2.18. The van der Waals surface area contributed by atoms with E-state index in [-0.39, 0.29) is 11.3 Å². The van der Waals surface area contributed by atoms with Crippen molar-refractivity contribution in [3.8, 4) is 5.75 Å². The fourth-order valence-electron chi connectivity index (χ4n) is 2.48. The molecular formula is C18H16N4O3. The number of carbonyl (C=O) groups excluding carboxylic acids is 1. The molecule has 0 bridgehead atoms. The zero-order chi connectivity index (χ0) is 17.8. The number of rotatable bonds is 4. The first-order valence-corrected chi connectivity index (χ1v) is 7.57. The second kappa shape index (κ2) is 6.96. The minimum atomic E-state index is -0.512. The van der Waals surface area contributed by atoms with Crippen LogP contribution in [0, 0.1) is 0 Å². The van der Waals surface area contributed by atoms with Crippen LogP contribution in [0.1, 0.15) is 23.0 Å². The van der Waals surface area contributed by atoms with Crippen molar-refractivity contribution in [2.75, 3.05) is 7.11 Å². The summed E-state index contributed by atoms with van der Waals surface area (Å²) >= 11 is 0. The van der Waals surface area contributed by atoms with Crippen LogP contribution in [0.5, 0.6) is 5.75 Å². The van der Waals surface area contributed by atoms with Gasteiger partial charge in [0.05, 0.1) is 18.2 Å². The van der Waals surface area contributed by atoms with Crippen LogP contribution in [0.2, 0.25) is 0 Å². The highest BCUT2D eigenvalue weighted by molar-refractivity contribution is 6.06. The highest BCUT2D eigenvalue weighted by atomic mass is 16.5. The minimum Gasteiger partial charge on any atom is -0.496 e. The Hall–Kier alpha value is -3.48. The van der Waals surface area contributed by atoms with Gasteiger partial charge in [0.1, 0.15) is 5.75 Å². The molecule has 1 aromatic heterocycles. The fraction of sp³-hybridized carbons (Fsp3) is 0.111. The van der Waals surface area contributed by atoms with Crippen LogP contribution < -0.4 is 15.7 Å². The van der Waals surface area contributed by atoms with Gasteiger partial charge in [-0.15, -0.1) is 0 Å². The Kier molecular flexibility index (Phi) is 4.56. The largest absolute Gasteiger partial charge is 0.496 e. The van der Waals surface area contributed by atoms with E-state index < -0.39 is 5.91 Å². The summed E-state index contributed by atoms with van der Waals surface area (Å²) in [6, 6.07) is 14.1. The molecule has 1 heterocycles. The summed E-state index contributed by atoms with van der Waals surface area (Å²) < 4.78 is 5.28. The Bertz CT molecular complexity index is 1020. The van der Waals surface area contributed by atoms with Crippen LogP contribution in [-0.2, 0) is 0 Å². The maximum Gasteiger partial charge on any atom is 0.292 e. The average molecular weight is 336 g/mol. The maximum absolute atomic E-state index is 12.4. The molecule has 0 saturated carbocycles. The number of fused-ring (bicyclic) bond motifs is 1. The molecular weight excluding hydrogens is 320 g/mol. The molecule has 0 spiro atoms. The summed E-state index contributed by atoms with van der Waals surface area (Å²) in [4.78, 5) is 24.2. The van der Waals surface area contributed by atoms with Gasteiger partial charge in [0.2, 0.25) is 0 Å². The standard InChI is InChI=1S/C18H16N4O3/c1-11(12-7-5-6-10-15(12)25-2)19-22-18(24)16-13-8-3-4-9-14(13)17(23)21-20-16/h3-10H,1-2H3,(H,21,23)(H,22,24)/b19-11+. The molecule has 3 rings (SSSR count). The first-order chi connectivity index (χ1) is 12.1. The van der Waals surface area contributed by atoms with E-state index in [1.54, 1.807) is 38.3 Å². The van der Waals surface area contributed by atoms with Gasteiger partial charge in [0.15, 0.2) is 5.69 Å². The van der Waals surface area contributed by atoms with Gasteiger partial charge in [-0.25, -0.2) is 10.5 Å². The Morgan fingerprint density at radius 3 is 2.56 bits per heavy atom. The predicted octanol–water partition coefficient (Wildman–Crippen LogP) is 2.09. The third-order valence-electron chi connectivity index (χ3n) is 3.73. The molecule has 0 fully saturated rings. The number of carbonyl (C=O) groups is 1. The topological polar surface area (TPSA) is 96.4 Å². The first kappa shape index (κ1) is 16.4. The molecule has 0 aliphatic rings. The second-order valence-corrected chi connectivity index (χ2v) is 5.29. The van der Waals surface area contributed by atoms with Gasteiger partial charge in [0.25, 0.3) is 11.5 Å². The maximum atomic E-state index is 12.4. The van der Waals surface area contributed by atoms with Crippen molar-refractivity contribution in [3.63, 3.8) is 0 Å². The number of nitrogens with zero attached hydrogens (tertiary/aromatic N) is 2. The van der Waals surface area contributed by atoms with Crippen molar-refractivity contribution in [1.82, 2.24) is 15.6 Å². The van der Waals surface area contributed by atoms with Gasteiger partial charge in [-0.05, 0) is 25.1 Å². The van der Waals surface area contributed by atoms with Crippen molar-refractivity contribution < 1.29 is 9.53 Å². The molecule has 1 amide bonds. The second-order valence-electron chi connectivity index (χ2n) is 5.29. The molecule has 0 saturated heterocycles. The van der Waals surface area contributed by atoms with Crippen LogP contribution in [0.3, 0.4) is 0 Å². The number of para-hydroxylation sites is 1. The van der Waals surface area contributed by atoms with Gasteiger partial charge >= 0.3 is 0 Å². The lowest BCUT2D eigenvalue weighted by Crippen LogP contribution is -2.23. The van der Waals surface area contributed by atoms with E-state index >= 15 is 0 Å². The van der Waals surface area contributed by atoms with Crippen LogP contribution in [0.25, 0.3) is 10.8 Å². The number of H-pyrrole nitrogens is 1. The molecule has 3 aromatic rings. The van der Waals surface area contributed by atoms with E-state index in [0.29, 0.717) is 22.2 Å². The van der Waals surface area contributed by atoms with Crippen molar-refractivity contribution in [1.29, 1.82) is 0 Å². The normalized spacial score (nSPS) is 11.4. The van der Waals surface area contributed by atoms with E-state index in [4.69, 9.17) is 4.74 Å². The smallest absolute Gasteiger partial charge is 0.292 e. The number of aromatic amines is 1. The molecule has 25 heavy (non-hydrogen) atoms. The number of benzene rings is 2. The van der Waals surface area contributed by atoms with Gasteiger partial charge in [-0.3, -0.25) is 9.59 Å². The number of ether oxygens (including phenoxy) is 1. The number of hydrazone groups is 1. The van der Waals surface area contributed by atoms with Crippen molar-refractivity contribution in [2.24, 2.45) is 5.10 Å². The van der Waals surface area contributed by atoms with E-state index in [1.807, 2.05) is 24.3 Å². The third kappa shape index (κ3) is 3.25. The lowest BCUT2D eigenvalue weighted by molar-refractivity contribution is 0.0950. The molecule has 0 aliphatic heterocycles. The lowest BCUT2D eigenvalue weighted by Gasteiger charge is -2.08. The molecule has 0 aliphatic carbocycles. The van der Waals surface area contributed by atoms with Crippen LogP contribution in [0.15, 0.2) is 58.4 Å². The zero-order valence-electron chi connectivity index (χ0n) is 13.7. The lowest BCUT2D eigenvalue weighted by atomic mass is 10.1. The first-order valence-electron chi connectivity index (χ1n) is 7.57. The Morgan fingerprint density at radius 1 is 1.12 bits per heavy atom. The molecule has 7 nitrogen and oxygen atoms in total. The van der Waals surface area contributed by atoms with Crippen molar-refractivity contribution >= 4 is 22.4 Å². The number of amides is 1. The number of nitrogens with one attached hydrogen (secondary N) is 2.